The van der Waals surface area contributed by atoms with Crippen LogP contribution in [0.4, 0.5) is 0 Å². The number of aromatic carboxylic acids is 1. The number of aliphatic hydroxyl groups is 1. The largest absolute Gasteiger partial charge is 0.478 e. The van der Waals surface area contributed by atoms with E-state index in [0.717, 1.165) is 0 Å². The molecule has 1 heterocycles. The van der Waals surface area contributed by atoms with Crippen LogP contribution in [-0.2, 0) is 16.0 Å². The number of hydrogen-bond acceptors (Lipinski definition) is 6. The van der Waals surface area contributed by atoms with E-state index >= 15 is 0 Å². The topological polar surface area (TPSA) is 126 Å². The molecule has 176 valence electrons. The summed E-state index contributed by atoms with van der Waals surface area (Å²) < 4.78 is 4.91. The van der Waals surface area contributed by atoms with Gasteiger partial charge in [-0.05, 0) is 42.7 Å². The number of aromatic nitrogens is 1. The molecule has 2 atom stereocenters. The Morgan fingerprint density at radius 3 is 2.50 bits per heavy atom. The number of hydrogen-bond donors (Lipinski definition) is 3. The van der Waals surface area contributed by atoms with Crippen LogP contribution in [0.15, 0.2) is 67.0 Å². The molecular weight excluding hydrogens is 460 g/mol. The van der Waals surface area contributed by atoms with Crippen LogP contribution in [-0.4, -0.2) is 51.8 Å². The summed E-state index contributed by atoms with van der Waals surface area (Å²) in [6.45, 7) is 1.68. The number of aliphatic hydroxyl groups excluding tert-OH is 1. The van der Waals surface area contributed by atoms with Gasteiger partial charge < -0.3 is 20.3 Å². The SMILES string of the molecule is CCOC(=O)[C@H](O)[C@@H](Cc1ccccc1Cl)NC(=O)c1cncc(-c2ccccc2C(=O)O)c1. The maximum atomic E-state index is 13.1. The zero-order valence-corrected chi connectivity index (χ0v) is 19.0. The first kappa shape index (κ1) is 24.9. The molecule has 0 spiro atoms. The number of carbonyl (C=O) groups is 3. The van der Waals surface area contributed by atoms with Crippen LogP contribution in [0.2, 0.25) is 5.02 Å². The zero-order chi connectivity index (χ0) is 24.7. The number of rotatable bonds is 9. The highest BCUT2D eigenvalue weighted by molar-refractivity contribution is 6.31. The minimum atomic E-state index is -1.64. The lowest BCUT2D eigenvalue weighted by Crippen LogP contribution is -2.49. The van der Waals surface area contributed by atoms with E-state index in [9.17, 15) is 24.6 Å². The number of nitrogens with zero attached hydrogens (tertiary/aromatic N) is 1. The molecule has 0 unspecified atom stereocenters. The van der Waals surface area contributed by atoms with Gasteiger partial charge in [-0.1, -0.05) is 48.0 Å². The molecule has 1 aromatic heterocycles. The average molecular weight is 483 g/mol. The van der Waals surface area contributed by atoms with Gasteiger partial charge in [0.2, 0.25) is 0 Å². The van der Waals surface area contributed by atoms with Crippen LogP contribution < -0.4 is 5.32 Å². The van der Waals surface area contributed by atoms with E-state index in [1.54, 1.807) is 49.4 Å². The van der Waals surface area contributed by atoms with E-state index in [0.29, 0.717) is 21.7 Å². The van der Waals surface area contributed by atoms with Crippen molar-refractivity contribution in [1.29, 1.82) is 0 Å². The molecule has 0 aliphatic rings. The van der Waals surface area contributed by atoms with E-state index in [4.69, 9.17) is 16.3 Å². The van der Waals surface area contributed by atoms with Gasteiger partial charge >= 0.3 is 11.9 Å². The highest BCUT2D eigenvalue weighted by atomic mass is 35.5. The molecule has 9 heteroatoms. The fourth-order valence-corrected chi connectivity index (χ4v) is 3.63. The third kappa shape index (κ3) is 5.98. The number of pyridine rings is 1. The standard InChI is InChI=1S/C25H23ClN2O6/c1-2-34-25(33)22(29)21(12-15-7-3-6-10-20(15)26)28-23(30)17-11-16(13-27-14-17)18-8-4-5-9-19(18)24(31)32/h3-11,13-14,21-22,29H,2,12H2,1H3,(H,28,30)(H,31,32)/t21-,22-/m1/s1. The van der Waals surface area contributed by atoms with E-state index in [1.165, 1.54) is 24.5 Å². The van der Waals surface area contributed by atoms with Crippen LogP contribution in [0.1, 0.15) is 33.2 Å². The Hall–Kier alpha value is -3.75. The summed E-state index contributed by atoms with van der Waals surface area (Å²) in [5, 5.41) is 23.1. The van der Waals surface area contributed by atoms with Crippen molar-refractivity contribution in [3.05, 3.63) is 88.7 Å². The zero-order valence-electron chi connectivity index (χ0n) is 18.3. The van der Waals surface area contributed by atoms with Crippen LogP contribution >= 0.6 is 11.6 Å². The summed E-state index contributed by atoms with van der Waals surface area (Å²) in [7, 11) is 0. The molecule has 0 saturated carbocycles. The molecule has 3 N–H and O–H groups in total. The smallest absolute Gasteiger partial charge is 0.337 e. The number of esters is 1. The first-order valence-electron chi connectivity index (χ1n) is 10.5. The predicted octanol–water partition coefficient (Wildman–Crippen LogP) is 3.37. The summed E-state index contributed by atoms with van der Waals surface area (Å²) in [5.74, 6) is -2.59. The van der Waals surface area contributed by atoms with Gasteiger partial charge in [0.1, 0.15) is 0 Å². The summed E-state index contributed by atoms with van der Waals surface area (Å²) in [6.07, 6.45) is 1.20. The second kappa shape index (κ2) is 11.4. The maximum Gasteiger partial charge on any atom is 0.337 e. The maximum absolute atomic E-state index is 13.1. The van der Waals surface area contributed by atoms with E-state index in [2.05, 4.69) is 10.3 Å². The fourth-order valence-electron chi connectivity index (χ4n) is 3.42. The third-order valence-electron chi connectivity index (χ3n) is 5.09. The Bertz CT molecular complexity index is 1200. The molecule has 0 saturated heterocycles. The molecule has 1 amide bonds. The first-order valence-corrected chi connectivity index (χ1v) is 10.9. The molecule has 2 aromatic carbocycles. The highest BCUT2D eigenvalue weighted by Crippen LogP contribution is 2.24. The van der Waals surface area contributed by atoms with Gasteiger partial charge in [-0.25, -0.2) is 9.59 Å². The van der Waals surface area contributed by atoms with Crippen molar-refractivity contribution in [3.8, 4) is 11.1 Å². The van der Waals surface area contributed by atoms with Crippen molar-refractivity contribution >= 4 is 29.4 Å². The van der Waals surface area contributed by atoms with Crippen LogP contribution in [0.5, 0.6) is 0 Å². The van der Waals surface area contributed by atoms with Crippen molar-refractivity contribution < 1.29 is 29.3 Å². The average Bonchev–Trinajstić information content (AvgIpc) is 2.84. The molecule has 0 fully saturated rings. The molecule has 3 rings (SSSR count). The fraction of sp³-hybridized carbons (Fsp3) is 0.200. The number of carboxylic acids is 1. The lowest BCUT2D eigenvalue weighted by atomic mass is 9.99. The Kier molecular flexibility index (Phi) is 8.34. The molecule has 0 aliphatic carbocycles. The summed E-state index contributed by atoms with van der Waals surface area (Å²) >= 11 is 6.23. The number of nitrogens with one attached hydrogen (secondary N) is 1. The lowest BCUT2D eigenvalue weighted by molar-refractivity contribution is -0.154. The van der Waals surface area contributed by atoms with Gasteiger partial charge in [-0.2, -0.15) is 0 Å². The Morgan fingerprint density at radius 2 is 1.79 bits per heavy atom. The second-order valence-electron chi connectivity index (χ2n) is 7.39. The van der Waals surface area contributed by atoms with Crippen LogP contribution in [0.3, 0.4) is 0 Å². The molecule has 0 aliphatic heterocycles. The lowest BCUT2D eigenvalue weighted by Gasteiger charge is -2.23. The second-order valence-corrected chi connectivity index (χ2v) is 7.79. The number of benzene rings is 2. The Morgan fingerprint density at radius 1 is 1.09 bits per heavy atom. The Labute approximate surface area is 201 Å². The number of ether oxygens (including phenoxy) is 1. The molecule has 3 aromatic rings. The van der Waals surface area contributed by atoms with Crippen molar-refractivity contribution in [2.24, 2.45) is 0 Å². The van der Waals surface area contributed by atoms with Crippen molar-refractivity contribution in [2.45, 2.75) is 25.5 Å². The van der Waals surface area contributed by atoms with Gasteiger partial charge in [0.15, 0.2) is 6.10 Å². The molecule has 0 bridgehead atoms. The van der Waals surface area contributed by atoms with Crippen molar-refractivity contribution in [2.75, 3.05) is 6.61 Å². The summed E-state index contributed by atoms with van der Waals surface area (Å²) in [5.41, 5.74) is 1.64. The molecule has 34 heavy (non-hydrogen) atoms. The quantitative estimate of drug-likeness (QED) is 0.399. The van der Waals surface area contributed by atoms with Crippen LogP contribution in [0.25, 0.3) is 11.1 Å². The van der Waals surface area contributed by atoms with E-state index in [1.807, 2.05) is 0 Å². The normalized spacial score (nSPS) is 12.4. The van der Waals surface area contributed by atoms with Gasteiger partial charge in [0.05, 0.1) is 23.8 Å². The minimum Gasteiger partial charge on any atom is -0.478 e. The van der Waals surface area contributed by atoms with Gasteiger partial charge in [-0.3, -0.25) is 9.78 Å². The van der Waals surface area contributed by atoms with Gasteiger partial charge in [0, 0.05) is 23.0 Å². The molecular formula is C25H23ClN2O6. The first-order chi connectivity index (χ1) is 16.3. The van der Waals surface area contributed by atoms with Gasteiger partial charge in [0.25, 0.3) is 5.91 Å². The number of amides is 1. The third-order valence-corrected chi connectivity index (χ3v) is 5.46. The monoisotopic (exact) mass is 482 g/mol. The summed E-state index contributed by atoms with van der Waals surface area (Å²) in [6, 6.07) is 13.7. The number of halogens is 1. The van der Waals surface area contributed by atoms with E-state index in [-0.39, 0.29) is 24.2 Å². The molecule has 8 nitrogen and oxygen atoms in total. The Balaban J connectivity index is 1.89. The molecule has 0 radical (unpaired) electrons. The number of carboxylic acid groups (broad SMARTS) is 1. The van der Waals surface area contributed by atoms with E-state index < -0.39 is 30.0 Å². The predicted molar refractivity (Wildman–Crippen MR) is 126 cm³/mol. The van der Waals surface area contributed by atoms with Crippen molar-refractivity contribution in [3.63, 3.8) is 0 Å². The van der Waals surface area contributed by atoms with Gasteiger partial charge in [-0.15, -0.1) is 0 Å². The summed E-state index contributed by atoms with van der Waals surface area (Å²) in [4.78, 5) is 40.9. The number of carbonyl (C=O) groups excluding carboxylic acids is 2. The van der Waals surface area contributed by atoms with Crippen LogP contribution in [0, 0.1) is 0 Å². The minimum absolute atomic E-state index is 0.0659. The highest BCUT2D eigenvalue weighted by Gasteiger charge is 2.30. The van der Waals surface area contributed by atoms with Crippen molar-refractivity contribution in [1.82, 2.24) is 10.3 Å².